The van der Waals surface area contributed by atoms with Gasteiger partial charge in [0, 0.05) is 18.3 Å². The fourth-order valence-corrected chi connectivity index (χ4v) is 2.22. The molecule has 0 spiro atoms. The quantitative estimate of drug-likeness (QED) is 0.740. The van der Waals surface area contributed by atoms with Crippen LogP contribution in [0.3, 0.4) is 0 Å². The molecule has 5 heteroatoms. The number of carbonyl (C=O) groups excluding carboxylic acids is 1. The van der Waals surface area contributed by atoms with Crippen molar-refractivity contribution in [3.05, 3.63) is 36.0 Å². The second kappa shape index (κ2) is 4.18. The van der Waals surface area contributed by atoms with E-state index < -0.39 is 0 Å². The molecular formula is C13H14N4O. The zero-order valence-electron chi connectivity index (χ0n) is 10.0. The third-order valence-electron chi connectivity index (χ3n) is 3.03. The van der Waals surface area contributed by atoms with Gasteiger partial charge >= 0.3 is 6.03 Å². The number of aliphatic imine (C=N–C) groups is 1. The van der Waals surface area contributed by atoms with Gasteiger partial charge in [0.15, 0.2) is 0 Å². The summed E-state index contributed by atoms with van der Waals surface area (Å²) in [6, 6.07) is 7.73. The zero-order valence-corrected chi connectivity index (χ0v) is 10.0. The highest BCUT2D eigenvalue weighted by Gasteiger charge is 2.28. The molecule has 1 aliphatic rings. The molecule has 0 radical (unpaired) electrons. The fourth-order valence-electron chi connectivity index (χ4n) is 2.22. The lowest BCUT2D eigenvalue weighted by molar-refractivity contribution is 0.248. The molecule has 1 aromatic heterocycles. The first-order chi connectivity index (χ1) is 8.78. The number of benzene rings is 1. The molecule has 0 saturated carbocycles. The predicted molar refractivity (Wildman–Crippen MR) is 70.7 cm³/mol. The van der Waals surface area contributed by atoms with E-state index in [2.05, 4.69) is 26.7 Å². The van der Waals surface area contributed by atoms with Crippen LogP contribution >= 0.6 is 0 Å². The van der Waals surface area contributed by atoms with Gasteiger partial charge < -0.3 is 10.3 Å². The van der Waals surface area contributed by atoms with Gasteiger partial charge in [0.25, 0.3) is 0 Å². The Balaban J connectivity index is 2.02. The first-order valence-corrected chi connectivity index (χ1v) is 5.97. The lowest BCUT2D eigenvalue weighted by Gasteiger charge is -2.10. The number of nitrogens with one attached hydrogen (secondary N) is 3. The highest BCUT2D eigenvalue weighted by Crippen LogP contribution is 2.22. The molecule has 2 aromatic rings. The van der Waals surface area contributed by atoms with Gasteiger partial charge in [-0.25, -0.2) is 4.79 Å². The van der Waals surface area contributed by atoms with Crippen LogP contribution in [0.25, 0.3) is 10.9 Å². The van der Waals surface area contributed by atoms with E-state index in [0.717, 1.165) is 16.5 Å². The number of hydrogen-bond donors (Lipinski definition) is 3. The van der Waals surface area contributed by atoms with Crippen molar-refractivity contribution in [2.24, 2.45) is 4.99 Å². The minimum absolute atomic E-state index is 0.170. The van der Waals surface area contributed by atoms with E-state index in [1.54, 1.807) is 0 Å². The topological polar surface area (TPSA) is 69.3 Å². The van der Waals surface area contributed by atoms with Crippen molar-refractivity contribution in [3.8, 4) is 0 Å². The van der Waals surface area contributed by atoms with Crippen molar-refractivity contribution in [3.63, 3.8) is 0 Å². The number of aromatic amines is 1. The number of amidine groups is 1. The molecule has 3 rings (SSSR count). The first kappa shape index (κ1) is 10.8. The summed E-state index contributed by atoms with van der Waals surface area (Å²) in [5.74, 6) is 0.692. The summed E-state index contributed by atoms with van der Waals surface area (Å²) < 4.78 is 0. The van der Waals surface area contributed by atoms with Gasteiger partial charge in [0.1, 0.15) is 11.9 Å². The van der Waals surface area contributed by atoms with Crippen LogP contribution in [0, 0.1) is 0 Å². The Morgan fingerprint density at radius 2 is 2.22 bits per heavy atom. The van der Waals surface area contributed by atoms with E-state index >= 15 is 0 Å². The number of hydrogen-bond acceptors (Lipinski definition) is 2. The Hall–Kier alpha value is -2.30. The maximum absolute atomic E-state index is 11.4. The van der Waals surface area contributed by atoms with Crippen LogP contribution in [0.2, 0.25) is 0 Å². The number of H-pyrrole nitrogens is 1. The molecule has 1 aromatic carbocycles. The smallest absolute Gasteiger partial charge is 0.321 e. The van der Waals surface area contributed by atoms with Crippen LogP contribution in [0.15, 0.2) is 35.5 Å². The highest BCUT2D eigenvalue weighted by atomic mass is 16.2. The monoisotopic (exact) mass is 242 g/mol. The summed E-state index contributed by atoms with van der Waals surface area (Å²) in [4.78, 5) is 18.9. The van der Waals surface area contributed by atoms with Crippen molar-refractivity contribution in [1.29, 1.82) is 0 Å². The zero-order chi connectivity index (χ0) is 12.5. The second-order valence-electron chi connectivity index (χ2n) is 4.22. The number of nitrogens with zero attached hydrogens (tertiary/aromatic N) is 1. The van der Waals surface area contributed by atoms with Crippen molar-refractivity contribution in [2.45, 2.75) is 13.0 Å². The van der Waals surface area contributed by atoms with E-state index in [1.165, 1.54) is 0 Å². The number of urea groups is 1. The molecule has 1 unspecified atom stereocenters. The average Bonchev–Trinajstić information content (AvgIpc) is 2.95. The lowest BCUT2D eigenvalue weighted by atomic mass is 10.0. The Morgan fingerprint density at radius 3 is 3.06 bits per heavy atom. The molecule has 18 heavy (non-hydrogen) atoms. The van der Waals surface area contributed by atoms with E-state index in [1.807, 2.05) is 31.3 Å². The molecule has 3 N–H and O–H groups in total. The van der Waals surface area contributed by atoms with Crippen molar-refractivity contribution in [2.75, 3.05) is 6.54 Å². The predicted octanol–water partition coefficient (Wildman–Crippen LogP) is 1.94. The third kappa shape index (κ3) is 1.73. The molecule has 1 fully saturated rings. The molecule has 2 amide bonds. The SMILES string of the molecule is CCN=C1NC(=O)NC1c1ccc2[nH]ccc2c1. The summed E-state index contributed by atoms with van der Waals surface area (Å²) in [5, 5.41) is 6.74. The van der Waals surface area contributed by atoms with Gasteiger partial charge in [0.05, 0.1) is 0 Å². The minimum Gasteiger partial charge on any atom is -0.361 e. The standard InChI is InChI=1S/C13H14N4O/c1-2-14-12-11(16-13(18)17-12)9-3-4-10-8(7-9)5-6-15-10/h3-7,11,15H,2H2,1H3,(H2,14,16,17,18). The molecule has 1 atom stereocenters. The molecule has 0 aliphatic carbocycles. The Bertz CT molecular complexity index is 629. The van der Waals surface area contributed by atoms with Gasteiger partial charge in [-0.2, -0.15) is 0 Å². The van der Waals surface area contributed by atoms with Crippen LogP contribution in [-0.2, 0) is 0 Å². The second-order valence-corrected chi connectivity index (χ2v) is 4.22. The van der Waals surface area contributed by atoms with E-state index in [0.29, 0.717) is 12.4 Å². The molecule has 92 valence electrons. The summed E-state index contributed by atoms with van der Waals surface area (Å²) in [5.41, 5.74) is 2.12. The van der Waals surface area contributed by atoms with Crippen LogP contribution < -0.4 is 10.6 Å². The Kier molecular flexibility index (Phi) is 2.51. The van der Waals surface area contributed by atoms with Crippen LogP contribution in [0.4, 0.5) is 4.79 Å². The van der Waals surface area contributed by atoms with Crippen molar-refractivity contribution >= 4 is 22.8 Å². The fraction of sp³-hybridized carbons (Fsp3) is 0.231. The largest absolute Gasteiger partial charge is 0.361 e. The normalized spacial score (nSPS) is 21.3. The molecule has 1 saturated heterocycles. The van der Waals surface area contributed by atoms with Gasteiger partial charge in [-0.05, 0) is 36.1 Å². The number of fused-ring (bicyclic) bond motifs is 1. The van der Waals surface area contributed by atoms with E-state index in [4.69, 9.17) is 0 Å². The molecule has 0 bridgehead atoms. The van der Waals surface area contributed by atoms with Gasteiger partial charge in [-0.15, -0.1) is 0 Å². The summed E-state index contributed by atoms with van der Waals surface area (Å²) in [6.07, 6.45) is 1.90. The number of carbonyl (C=O) groups is 1. The van der Waals surface area contributed by atoms with E-state index in [9.17, 15) is 4.79 Å². The lowest BCUT2D eigenvalue weighted by Crippen LogP contribution is -2.22. The minimum atomic E-state index is -0.193. The summed E-state index contributed by atoms with van der Waals surface area (Å²) in [7, 11) is 0. The Labute approximate surface area is 104 Å². The third-order valence-corrected chi connectivity index (χ3v) is 3.03. The van der Waals surface area contributed by atoms with Crippen molar-refractivity contribution < 1.29 is 4.79 Å². The van der Waals surface area contributed by atoms with Crippen LogP contribution in [0.5, 0.6) is 0 Å². The van der Waals surface area contributed by atoms with Crippen LogP contribution in [0.1, 0.15) is 18.5 Å². The molecule has 2 heterocycles. The Morgan fingerprint density at radius 1 is 1.33 bits per heavy atom. The first-order valence-electron chi connectivity index (χ1n) is 5.97. The van der Waals surface area contributed by atoms with Gasteiger partial charge in [-0.1, -0.05) is 6.07 Å². The highest BCUT2D eigenvalue weighted by molar-refractivity contribution is 6.07. The molecule has 1 aliphatic heterocycles. The van der Waals surface area contributed by atoms with Crippen molar-refractivity contribution in [1.82, 2.24) is 15.6 Å². The van der Waals surface area contributed by atoms with Gasteiger partial charge in [-0.3, -0.25) is 10.3 Å². The molecular weight excluding hydrogens is 228 g/mol. The van der Waals surface area contributed by atoms with Gasteiger partial charge in [0.2, 0.25) is 0 Å². The van der Waals surface area contributed by atoms with Crippen LogP contribution in [-0.4, -0.2) is 23.4 Å². The number of amides is 2. The summed E-state index contributed by atoms with van der Waals surface area (Å²) >= 11 is 0. The number of aromatic nitrogens is 1. The maximum Gasteiger partial charge on any atom is 0.321 e. The summed E-state index contributed by atoms with van der Waals surface area (Å²) in [6.45, 7) is 2.60. The number of rotatable bonds is 2. The average molecular weight is 242 g/mol. The van der Waals surface area contributed by atoms with E-state index in [-0.39, 0.29) is 12.1 Å². The maximum atomic E-state index is 11.4. The molecule has 5 nitrogen and oxygen atoms in total.